The molecule has 1 aliphatic carbocycles. The van der Waals surface area contributed by atoms with E-state index in [9.17, 15) is 9.59 Å². The van der Waals surface area contributed by atoms with Crippen molar-refractivity contribution >= 4 is 12.0 Å². The number of amides is 2. The van der Waals surface area contributed by atoms with E-state index < -0.39 is 6.09 Å². The van der Waals surface area contributed by atoms with Crippen LogP contribution in [0.3, 0.4) is 0 Å². The highest BCUT2D eigenvalue weighted by molar-refractivity contribution is 5.95. The first-order valence-corrected chi connectivity index (χ1v) is 9.21. The van der Waals surface area contributed by atoms with Crippen molar-refractivity contribution in [2.24, 2.45) is 11.8 Å². The Morgan fingerprint density at radius 3 is 2.54 bits per heavy atom. The fourth-order valence-electron chi connectivity index (χ4n) is 4.13. The summed E-state index contributed by atoms with van der Waals surface area (Å²) in [5.74, 6) is -0.249. The Balaban J connectivity index is 1.64. The fourth-order valence-corrected chi connectivity index (χ4v) is 4.13. The van der Waals surface area contributed by atoms with Crippen molar-refractivity contribution < 1.29 is 14.3 Å². The van der Waals surface area contributed by atoms with Gasteiger partial charge in [0.1, 0.15) is 12.1 Å². The average Bonchev–Trinajstić information content (AvgIpc) is 3.14. The molecule has 4 heteroatoms. The Kier molecular flexibility index (Phi) is 4.27. The average molecular weight is 349 g/mol. The smallest absolute Gasteiger partial charge is 0.417 e. The molecule has 26 heavy (non-hydrogen) atoms. The van der Waals surface area contributed by atoms with Crippen molar-refractivity contribution in [3.05, 3.63) is 71.3 Å². The summed E-state index contributed by atoms with van der Waals surface area (Å²) >= 11 is 0. The second-order valence-electron chi connectivity index (χ2n) is 7.52. The minimum absolute atomic E-state index is 0.127. The molecule has 2 aromatic rings. The molecule has 1 saturated heterocycles. The summed E-state index contributed by atoms with van der Waals surface area (Å²) in [5, 5.41) is 0. The lowest BCUT2D eigenvalue weighted by Crippen LogP contribution is -2.41. The van der Waals surface area contributed by atoms with E-state index in [0.717, 1.165) is 16.7 Å². The van der Waals surface area contributed by atoms with Crippen LogP contribution in [0, 0.1) is 11.8 Å². The molecule has 2 amide bonds. The molecular weight excluding hydrogens is 326 g/mol. The van der Waals surface area contributed by atoms with Crippen molar-refractivity contribution in [1.82, 2.24) is 4.90 Å². The Morgan fingerprint density at radius 2 is 1.81 bits per heavy atom. The van der Waals surface area contributed by atoms with E-state index in [-0.39, 0.29) is 29.9 Å². The Labute approximate surface area is 153 Å². The number of hydrogen-bond donors (Lipinski definition) is 0. The summed E-state index contributed by atoms with van der Waals surface area (Å²) in [4.78, 5) is 27.3. The van der Waals surface area contributed by atoms with Gasteiger partial charge in [0, 0.05) is 12.3 Å². The van der Waals surface area contributed by atoms with Crippen molar-refractivity contribution in [3.63, 3.8) is 0 Å². The Bertz CT molecular complexity index is 830. The van der Waals surface area contributed by atoms with Crippen molar-refractivity contribution in [3.8, 4) is 0 Å². The monoisotopic (exact) mass is 349 g/mol. The molecular formula is C22H23NO3. The number of imide groups is 1. The van der Waals surface area contributed by atoms with Crippen LogP contribution in [0.15, 0.2) is 54.6 Å². The van der Waals surface area contributed by atoms with Crippen LogP contribution in [-0.2, 0) is 22.4 Å². The number of carbonyl (C=O) groups is 2. The van der Waals surface area contributed by atoms with E-state index >= 15 is 0 Å². The third-order valence-corrected chi connectivity index (χ3v) is 5.53. The van der Waals surface area contributed by atoms with Crippen LogP contribution in [-0.4, -0.2) is 23.0 Å². The van der Waals surface area contributed by atoms with Crippen LogP contribution in [0.2, 0.25) is 0 Å². The van der Waals surface area contributed by atoms with Gasteiger partial charge in [-0.05, 0) is 29.0 Å². The molecule has 0 aromatic heterocycles. The molecule has 4 rings (SSSR count). The number of nitrogens with zero attached hydrogens (tertiary/aromatic N) is 1. The fraction of sp³-hybridized carbons (Fsp3) is 0.364. The largest absolute Gasteiger partial charge is 0.443 e. The number of hydrogen-bond acceptors (Lipinski definition) is 3. The minimum Gasteiger partial charge on any atom is -0.443 e. The number of benzene rings is 2. The van der Waals surface area contributed by atoms with E-state index in [1.807, 2.05) is 68.4 Å². The molecule has 0 bridgehead atoms. The number of carbonyl (C=O) groups excluding carboxylic acids is 2. The lowest BCUT2D eigenvalue weighted by atomic mass is 9.87. The van der Waals surface area contributed by atoms with E-state index in [2.05, 4.69) is 0 Å². The molecule has 2 aliphatic rings. The topological polar surface area (TPSA) is 46.6 Å². The molecule has 4 nitrogen and oxygen atoms in total. The van der Waals surface area contributed by atoms with Gasteiger partial charge in [0.05, 0.1) is 0 Å². The summed E-state index contributed by atoms with van der Waals surface area (Å²) in [7, 11) is 0. The number of ether oxygens (including phenoxy) is 1. The molecule has 0 N–H and O–H groups in total. The SMILES string of the molecule is CC(C)[C@@H](Cc1ccccc1)C(=O)N1C(=O)O[C@@H]2Cc3ccccc3[C@@H]21. The highest BCUT2D eigenvalue weighted by Crippen LogP contribution is 2.43. The quantitative estimate of drug-likeness (QED) is 0.833. The lowest BCUT2D eigenvalue weighted by Gasteiger charge is -2.27. The third kappa shape index (κ3) is 2.79. The van der Waals surface area contributed by atoms with Gasteiger partial charge < -0.3 is 4.74 Å². The van der Waals surface area contributed by atoms with E-state index in [1.54, 1.807) is 0 Å². The maximum absolute atomic E-state index is 13.4. The predicted molar refractivity (Wildman–Crippen MR) is 98.5 cm³/mol. The molecule has 1 aliphatic heterocycles. The molecule has 1 heterocycles. The molecule has 0 spiro atoms. The maximum Gasteiger partial charge on any atom is 0.417 e. The molecule has 0 radical (unpaired) electrons. The van der Waals surface area contributed by atoms with Crippen LogP contribution >= 0.6 is 0 Å². The molecule has 134 valence electrons. The van der Waals surface area contributed by atoms with Gasteiger partial charge in [-0.15, -0.1) is 0 Å². The second-order valence-corrected chi connectivity index (χ2v) is 7.52. The zero-order valence-corrected chi connectivity index (χ0v) is 15.1. The van der Waals surface area contributed by atoms with Crippen molar-refractivity contribution in [2.75, 3.05) is 0 Å². The van der Waals surface area contributed by atoms with Crippen molar-refractivity contribution in [2.45, 2.75) is 38.8 Å². The predicted octanol–water partition coefficient (Wildman–Crippen LogP) is 4.15. The first kappa shape index (κ1) is 16.8. The highest BCUT2D eigenvalue weighted by atomic mass is 16.6. The van der Waals surface area contributed by atoms with Gasteiger partial charge in [-0.3, -0.25) is 4.79 Å². The van der Waals surface area contributed by atoms with Gasteiger partial charge in [-0.25, -0.2) is 9.69 Å². The zero-order valence-electron chi connectivity index (χ0n) is 15.1. The van der Waals surface area contributed by atoms with Crippen LogP contribution in [0.25, 0.3) is 0 Å². The first-order chi connectivity index (χ1) is 12.6. The lowest BCUT2D eigenvalue weighted by molar-refractivity contribution is -0.135. The third-order valence-electron chi connectivity index (χ3n) is 5.53. The van der Waals surface area contributed by atoms with Crippen LogP contribution in [0.4, 0.5) is 4.79 Å². The molecule has 2 aromatic carbocycles. The zero-order chi connectivity index (χ0) is 18.3. The summed E-state index contributed by atoms with van der Waals surface area (Å²) in [6.07, 6.45) is 0.549. The van der Waals surface area contributed by atoms with Gasteiger partial charge in [0.2, 0.25) is 5.91 Å². The van der Waals surface area contributed by atoms with Gasteiger partial charge in [-0.1, -0.05) is 68.4 Å². The number of fused-ring (bicyclic) bond motifs is 3. The highest BCUT2D eigenvalue weighted by Gasteiger charge is 2.51. The standard InChI is InChI=1S/C22H23NO3/c1-14(2)18(12-15-8-4-3-5-9-15)21(24)23-20-17-11-7-6-10-16(17)13-19(20)26-22(23)25/h3-11,14,18-20H,12-13H2,1-2H3/t18-,19-,20+/m1/s1. The minimum atomic E-state index is -0.502. The van der Waals surface area contributed by atoms with E-state index in [4.69, 9.17) is 4.74 Å². The molecule has 3 atom stereocenters. The van der Waals surface area contributed by atoms with E-state index in [1.165, 1.54) is 4.90 Å². The van der Waals surface area contributed by atoms with Crippen LogP contribution in [0.5, 0.6) is 0 Å². The van der Waals surface area contributed by atoms with Gasteiger partial charge in [0.15, 0.2) is 0 Å². The maximum atomic E-state index is 13.4. The Hall–Kier alpha value is -2.62. The molecule has 1 fully saturated rings. The normalized spacial score (nSPS) is 22.1. The van der Waals surface area contributed by atoms with Crippen molar-refractivity contribution in [1.29, 1.82) is 0 Å². The van der Waals surface area contributed by atoms with Crippen LogP contribution < -0.4 is 0 Å². The Morgan fingerprint density at radius 1 is 1.12 bits per heavy atom. The molecule has 0 unspecified atom stereocenters. The van der Waals surface area contributed by atoms with Gasteiger partial charge >= 0.3 is 6.09 Å². The van der Waals surface area contributed by atoms with Crippen LogP contribution in [0.1, 0.15) is 36.6 Å². The second kappa shape index (κ2) is 6.60. The molecule has 0 saturated carbocycles. The first-order valence-electron chi connectivity index (χ1n) is 9.21. The number of rotatable bonds is 4. The van der Waals surface area contributed by atoms with E-state index in [0.29, 0.717) is 12.8 Å². The van der Waals surface area contributed by atoms with Gasteiger partial charge in [-0.2, -0.15) is 0 Å². The summed E-state index contributed by atoms with van der Waals surface area (Å²) in [6, 6.07) is 17.7. The summed E-state index contributed by atoms with van der Waals surface area (Å²) < 4.78 is 5.55. The van der Waals surface area contributed by atoms with Gasteiger partial charge in [0.25, 0.3) is 0 Å². The summed E-state index contributed by atoms with van der Waals surface area (Å²) in [5.41, 5.74) is 3.31. The summed E-state index contributed by atoms with van der Waals surface area (Å²) in [6.45, 7) is 4.07.